The van der Waals surface area contributed by atoms with E-state index in [2.05, 4.69) is 9.97 Å². The van der Waals surface area contributed by atoms with Crippen LogP contribution >= 0.6 is 0 Å². The summed E-state index contributed by atoms with van der Waals surface area (Å²) in [5.74, 6) is -0.440. The van der Waals surface area contributed by atoms with Gasteiger partial charge in [-0.1, -0.05) is 19.9 Å². The van der Waals surface area contributed by atoms with E-state index >= 15 is 0 Å². The van der Waals surface area contributed by atoms with E-state index in [0.29, 0.717) is 5.56 Å². The van der Waals surface area contributed by atoms with Gasteiger partial charge in [0.1, 0.15) is 0 Å². The summed E-state index contributed by atoms with van der Waals surface area (Å²) in [4.78, 5) is 19.7. The predicted molar refractivity (Wildman–Crippen MR) is 69.1 cm³/mol. The van der Waals surface area contributed by atoms with E-state index in [0.717, 1.165) is 11.1 Å². The zero-order chi connectivity index (χ0) is 13.2. The van der Waals surface area contributed by atoms with Crippen molar-refractivity contribution in [1.82, 2.24) is 9.97 Å². The molecular weight excluding hydrogens is 226 g/mol. The minimum Gasteiger partial charge on any atom is -0.366 e. The van der Waals surface area contributed by atoms with Gasteiger partial charge in [0.2, 0.25) is 5.91 Å². The first-order chi connectivity index (χ1) is 8.53. The van der Waals surface area contributed by atoms with E-state index in [1.54, 1.807) is 30.9 Å². The molecule has 2 N–H and O–H groups in total. The number of nitrogens with two attached hydrogens (primary N) is 1. The van der Waals surface area contributed by atoms with Gasteiger partial charge in [-0.2, -0.15) is 0 Å². The smallest absolute Gasteiger partial charge is 0.249 e. The van der Waals surface area contributed by atoms with Gasteiger partial charge in [-0.05, 0) is 23.3 Å². The molecule has 0 saturated carbocycles. The maximum absolute atomic E-state index is 11.5. The monoisotopic (exact) mass is 241 g/mol. The van der Waals surface area contributed by atoms with Crippen molar-refractivity contribution in [2.75, 3.05) is 0 Å². The molecule has 0 aliphatic heterocycles. The zero-order valence-corrected chi connectivity index (χ0v) is 10.4. The molecule has 1 amide bonds. The highest BCUT2D eigenvalue weighted by molar-refractivity contribution is 5.94. The van der Waals surface area contributed by atoms with Gasteiger partial charge in [-0.3, -0.25) is 14.8 Å². The minimum absolute atomic E-state index is 0.368. The molecule has 2 aromatic rings. The Balaban J connectivity index is 2.58. The minimum atomic E-state index is -0.440. The van der Waals surface area contributed by atoms with E-state index in [1.165, 1.54) is 0 Å². The van der Waals surface area contributed by atoms with Gasteiger partial charge >= 0.3 is 0 Å². The summed E-state index contributed by atoms with van der Waals surface area (Å²) in [7, 11) is 0. The number of amides is 1. The normalized spacial score (nSPS) is 11.2. The van der Waals surface area contributed by atoms with Crippen molar-refractivity contribution in [3.63, 3.8) is 0 Å². The highest BCUT2D eigenvalue weighted by Crippen LogP contribution is 2.32. The van der Waals surface area contributed by atoms with Crippen LogP contribution < -0.4 is 5.73 Å². The Morgan fingerprint density at radius 1 is 1.17 bits per heavy atom. The molecule has 0 fully saturated rings. The van der Waals surface area contributed by atoms with Crippen LogP contribution in [0, 0.1) is 0 Å². The first-order valence-corrected chi connectivity index (χ1v) is 5.68. The van der Waals surface area contributed by atoms with E-state index < -0.39 is 5.91 Å². The fraction of sp³-hybridized carbons (Fsp3) is 0.214. The largest absolute Gasteiger partial charge is 0.366 e. The third-order valence-corrected chi connectivity index (χ3v) is 3.14. The van der Waals surface area contributed by atoms with Crippen molar-refractivity contribution in [1.29, 1.82) is 0 Å². The molecule has 2 rings (SSSR count). The van der Waals surface area contributed by atoms with E-state index in [1.807, 2.05) is 26.0 Å². The molecule has 0 aliphatic rings. The first-order valence-electron chi connectivity index (χ1n) is 5.68. The van der Waals surface area contributed by atoms with E-state index in [4.69, 9.17) is 5.73 Å². The second-order valence-electron chi connectivity index (χ2n) is 4.65. The molecule has 0 saturated heterocycles. The maximum atomic E-state index is 11.5. The number of nitrogens with zero attached hydrogens (tertiary/aromatic N) is 2. The first kappa shape index (κ1) is 12.2. The van der Waals surface area contributed by atoms with Crippen molar-refractivity contribution in [3.8, 4) is 0 Å². The van der Waals surface area contributed by atoms with Crippen LogP contribution in [-0.2, 0) is 5.41 Å². The number of aromatic nitrogens is 2. The van der Waals surface area contributed by atoms with Gasteiger partial charge in [0.05, 0.1) is 0 Å². The number of hydrogen-bond acceptors (Lipinski definition) is 3. The Kier molecular flexibility index (Phi) is 3.10. The lowest BCUT2D eigenvalue weighted by molar-refractivity contribution is 0.0998. The summed E-state index contributed by atoms with van der Waals surface area (Å²) in [6, 6.07) is 5.50. The number of rotatable bonds is 3. The Morgan fingerprint density at radius 2 is 1.89 bits per heavy atom. The third-order valence-electron chi connectivity index (χ3n) is 3.14. The molecular formula is C14H15N3O. The fourth-order valence-electron chi connectivity index (χ4n) is 2.00. The third kappa shape index (κ3) is 2.09. The molecule has 0 aromatic carbocycles. The van der Waals surface area contributed by atoms with Gasteiger partial charge in [0.25, 0.3) is 0 Å². The molecule has 4 heteroatoms. The molecule has 0 atom stereocenters. The van der Waals surface area contributed by atoms with Crippen LogP contribution in [0.1, 0.15) is 35.3 Å². The van der Waals surface area contributed by atoms with Gasteiger partial charge in [0, 0.05) is 35.8 Å². The lowest BCUT2D eigenvalue weighted by Crippen LogP contribution is -2.25. The van der Waals surface area contributed by atoms with Crippen LogP contribution in [-0.4, -0.2) is 15.9 Å². The average Bonchev–Trinajstić information content (AvgIpc) is 2.39. The molecule has 0 spiro atoms. The number of hydrogen-bond donors (Lipinski definition) is 1. The van der Waals surface area contributed by atoms with Crippen LogP contribution in [0.2, 0.25) is 0 Å². The van der Waals surface area contributed by atoms with Crippen molar-refractivity contribution >= 4 is 5.91 Å². The summed E-state index contributed by atoms with van der Waals surface area (Å²) < 4.78 is 0. The molecule has 2 aromatic heterocycles. The topological polar surface area (TPSA) is 68.9 Å². The summed E-state index contributed by atoms with van der Waals surface area (Å²) in [5, 5.41) is 0. The van der Waals surface area contributed by atoms with Crippen molar-refractivity contribution in [3.05, 3.63) is 59.7 Å². The summed E-state index contributed by atoms with van der Waals surface area (Å²) in [5.41, 5.74) is 7.36. The number of primary amides is 1. The zero-order valence-electron chi connectivity index (χ0n) is 10.4. The number of pyridine rings is 2. The Morgan fingerprint density at radius 3 is 2.50 bits per heavy atom. The molecule has 4 nitrogen and oxygen atoms in total. The molecule has 92 valence electrons. The fourth-order valence-corrected chi connectivity index (χ4v) is 2.00. The van der Waals surface area contributed by atoms with Crippen LogP contribution in [0.4, 0.5) is 0 Å². The molecule has 2 heterocycles. The predicted octanol–water partition coefficient (Wildman–Crippen LogP) is 1.90. The Labute approximate surface area is 106 Å². The van der Waals surface area contributed by atoms with E-state index in [-0.39, 0.29) is 5.41 Å². The molecule has 0 aliphatic carbocycles. The van der Waals surface area contributed by atoms with Gasteiger partial charge in [-0.15, -0.1) is 0 Å². The van der Waals surface area contributed by atoms with Crippen LogP contribution in [0.3, 0.4) is 0 Å². The van der Waals surface area contributed by atoms with E-state index in [9.17, 15) is 4.79 Å². The number of carbonyl (C=O) groups excluding carboxylic acids is 1. The van der Waals surface area contributed by atoms with Crippen LogP contribution in [0.5, 0.6) is 0 Å². The van der Waals surface area contributed by atoms with Gasteiger partial charge < -0.3 is 5.73 Å². The second-order valence-corrected chi connectivity index (χ2v) is 4.65. The van der Waals surface area contributed by atoms with Crippen molar-refractivity contribution < 1.29 is 4.79 Å². The summed E-state index contributed by atoms with van der Waals surface area (Å²) in [6.45, 7) is 4.04. The average molecular weight is 241 g/mol. The Hall–Kier alpha value is -2.23. The molecule has 0 radical (unpaired) electrons. The van der Waals surface area contributed by atoms with Crippen molar-refractivity contribution in [2.24, 2.45) is 5.73 Å². The van der Waals surface area contributed by atoms with Gasteiger partial charge in [0.15, 0.2) is 0 Å². The SMILES string of the molecule is CC(C)(c1cccnc1)c1cnccc1C(N)=O. The summed E-state index contributed by atoms with van der Waals surface area (Å²) >= 11 is 0. The highest BCUT2D eigenvalue weighted by atomic mass is 16.1. The standard InChI is InChI=1S/C14H15N3O/c1-14(2,10-4-3-6-16-8-10)12-9-17-7-5-11(12)13(15)18/h3-9H,1-2H3,(H2,15,18). The van der Waals surface area contributed by atoms with Crippen LogP contribution in [0.15, 0.2) is 43.0 Å². The molecule has 18 heavy (non-hydrogen) atoms. The van der Waals surface area contributed by atoms with Gasteiger partial charge in [-0.25, -0.2) is 0 Å². The van der Waals surface area contributed by atoms with Crippen LogP contribution in [0.25, 0.3) is 0 Å². The quantitative estimate of drug-likeness (QED) is 0.892. The lowest BCUT2D eigenvalue weighted by Gasteiger charge is -2.26. The highest BCUT2D eigenvalue weighted by Gasteiger charge is 2.27. The maximum Gasteiger partial charge on any atom is 0.249 e. The van der Waals surface area contributed by atoms with Crippen molar-refractivity contribution in [2.45, 2.75) is 19.3 Å². The molecule has 0 unspecified atom stereocenters. The summed E-state index contributed by atoms with van der Waals surface area (Å²) in [6.07, 6.45) is 6.77. The number of carbonyl (C=O) groups is 1. The lowest BCUT2D eigenvalue weighted by atomic mass is 9.77. The molecule has 0 bridgehead atoms. The Bertz CT molecular complexity index is 564. The second kappa shape index (κ2) is 4.56.